The van der Waals surface area contributed by atoms with E-state index in [9.17, 15) is 24.6 Å². The highest BCUT2D eigenvalue weighted by Crippen LogP contribution is 2.71. The van der Waals surface area contributed by atoms with Crippen LogP contribution in [-0.2, 0) is 14.4 Å². The summed E-state index contributed by atoms with van der Waals surface area (Å²) in [5.74, 6) is -3.25. The quantitative estimate of drug-likeness (QED) is 0.462. The molecule has 2 amide bonds. The summed E-state index contributed by atoms with van der Waals surface area (Å²) in [5, 5.41) is 20.1. The molecule has 2 unspecified atom stereocenters. The molecule has 3 heterocycles. The van der Waals surface area contributed by atoms with Gasteiger partial charge in [-0.25, -0.2) is 0 Å². The number of aliphatic carboxylic acids is 1. The van der Waals surface area contributed by atoms with Crippen molar-refractivity contribution in [3.63, 3.8) is 0 Å². The molecule has 0 aliphatic carbocycles. The molecule has 36 heavy (non-hydrogen) atoms. The largest absolute Gasteiger partial charge is 0.481 e. The monoisotopic (exact) mass is 515 g/mol. The topological polar surface area (TPSA) is 101 Å². The minimum Gasteiger partial charge on any atom is -0.481 e. The third-order valence-corrected chi connectivity index (χ3v) is 10.3. The summed E-state index contributed by atoms with van der Waals surface area (Å²) in [6, 6.07) is 6.30. The molecule has 196 valence electrons. The van der Waals surface area contributed by atoms with Gasteiger partial charge in [-0.2, -0.15) is 0 Å². The third-order valence-electron chi connectivity index (χ3n) is 8.32. The van der Waals surface area contributed by atoms with Crippen LogP contribution in [0.3, 0.4) is 0 Å². The molecule has 2 N–H and O–H groups in total. The van der Waals surface area contributed by atoms with E-state index >= 15 is 0 Å². The SMILES string of the molecule is C=CCN(C(=O)C1N([C@H](C)CO)C(=O)[C@@H]2[C@@H](C(=O)O)[C@@]3(C)CCC12S3)c1ccc(N(CC)CC)cc1. The molecule has 9 heteroatoms. The molecule has 6 atom stereocenters. The Kier molecular flexibility index (Phi) is 7.18. The number of carboxylic acids is 1. The van der Waals surface area contributed by atoms with Crippen LogP contribution >= 0.6 is 11.8 Å². The normalized spacial score (nSPS) is 31.3. The third kappa shape index (κ3) is 3.82. The number of carboxylic acid groups (broad SMARTS) is 1. The van der Waals surface area contributed by atoms with Gasteiger partial charge >= 0.3 is 5.97 Å². The summed E-state index contributed by atoms with van der Waals surface area (Å²) in [6.07, 6.45) is 2.87. The molecule has 3 aliphatic rings. The summed E-state index contributed by atoms with van der Waals surface area (Å²) in [5.41, 5.74) is 1.75. The standard InChI is InChI=1S/C27H37N3O5S/c1-6-15-29(19-11-9-18(10-12-19)28(7-2)8-3)24(33)22-27-14-13-26(5,36-27)21(25(34)35)20(27)23(32)30(22)17(4)16-31/h6,9-12,17,20-22,31H,1,7-8,13-16H2,2-5H3,(H,34,35)/t17-,20+,21+,22?,26-,27?/m1/s1. The molecule has 1 spiro atoms. The second-order valence-corrected chi connectivity index (χ2v) is 12.2. The number of fused-ring (bicyclic) bond motifs is 1. The molecule has 1 aromatic carbocycles. The molecule has 0 radical (unpaired) electrons. The number of carbonyl (C=O) groups excluding carboxylic acids is 2. The fourth-order valence-electron chi connectivity index (χ4n) is 6.61. The molecule has 2 bridgehead atoms. The van der Waals surface area contributed by atoms with E-state index in [1.165, 1.54) is 16.7 Å². The van der Waals surface area contributed by atoms with E-state index in [0.717, 1.165) is 18.8 Å². The molecule has 3 fully saturated rings. The Labute approximate surface area is 217 Å². The Bertz CT molecular complexity index is 1040. The zero-order valence-corrected chi connectivity index (χ0v) is 22.3. The average Bonchev–Trinajstić information content (AvgIpc) is 3.43. The molecular weight excluding hydrogens is 478 g/mol. The van der Waals surface area contributed by atoms with Crippen LogP contribution in [0.5, 0.6) is 0 Å². The van der Waals surface area contributed by atoms with Crippen LogP contribution in [0.2, 0.25) is 0 Å². The van der Waals surface area contributed by atoms with Crippen LogP contribution in [0.25, 0.3) is 0 Å². The van der Waals surface area contributed by atoms with Crippen LogP contribution in [0.15, 0.2) is 36.9 Å². The van der Waals surface area contributed by atoms with Gasteiger partial charge in [0.2, 0.25) is 5.91 Å². The second kappa shape index (κ2) is 9.74. The van der Waals surface area contributed by atoms with Crippen LogP contribution in [0, 0.1) is 11.8 Å². The van der Waals surface area contributed by atoms with Crippen molar-refractivity contribution >= 4 is 40.9 Å². The van der Waals surface area contributed by atoms with Gasteiger partial charge in [-0.05, 0) is 64.8 Å². The van der Waals surface area contributed by atoms with Crippen molar-refractivity contribution < 1.29 is 24.6 Å². The number of aliphatic hydroxyl groups excluding tert-OH is 1. The van der Waals surface area contributed by atoms with E-state index in [0.29, 0.717) is 18.5 Å². The van der Waals surface area contributed by atoms with Crippen molar-refractivity contribution in [2.24, 2.45) is 11.8 Å². The lowest BCUT2D eigenvalue weighted by Gasteiger charge is -2.38. The maximum absolute atomic E-state index is 14.4. The lowest BCUT2D eigenvalue weighted by atomic mass is 9.66. The van der Waals surface area contributed by atoms with Gasteiger partial charge in [0.05, 0.1) is 29.2 Å². The maximum Gasteiger partial charge on any atom is 0.308 e. The summed E-state index contributed by atoms with van der Waals surface area (Å²) in [7, 11) is 0. The van der Waals surface area contributed by atoms with Crippen molar-refractivity contribution in [1.82, 2.24) is 4.90 Å². The molecule has 1 aromatic rings. The van der Waals surface area contributed by atoms with Gasteiger partial charge in [-0.3, -0.25) is 14.4 Å². The lowest BCUT2D eigenvalue weighted by Crippen LogP contribution is -2.57. The number of likely N-dealkylation sites (tertiary alicyclic amines) is 1. The van der Waals surface area contributed by atoms with Crippen LogP contribution in [0.1, 0.15) is 40.5 Å². The number of anilines is 2. The zero-order valence-electron chi connectivity index (χ0n) is 21.5. The Balaban J connectivity index is 1.77. The Morgan fingerprint density at radius 3 is 2.36 bits per heavy atom. The first kappa shape index (κ1) is 26.5. The lowest BCUT2D eigenvalue weighted by molar-refractivity contribution is -0.150. The Morgan fingerprint density at radius 1 is 1.22 bits per heavy atom. The number of aliphatic hydroxyl groups is 1. The van der Waals surface area contributed by atoms with Gasteiger partial charge in [0.1, 0.15) is 6.04 Å². The fourth-order valence-corrected chi connectivity index (χ4v) is 8.94. The highest BCUT2D eigenvalue weighted by atomic mass is 32.2. The van der Waals surface area contributed by atoms with Gasteiger partial charge in [0, 0.05) is 35.8 Å². The highest BCUT2D eigenvalue weighted by molar-refractivity contribution is 8.02. The number of hydrogen-bond donors (Lipinski definition) is 2. The number of amides is 2. The van der Waals surface area contributed by atoms with Gasteiger partial charge in [-0.15, -0.1) is 18.3 Å². The number of carbonyl (C=O) groups is 3. The van der Waals surface area contributed by atoms with E-state index in [2.05, 4.69) is 25.3 Å². The van der Waals surface area contributed by atoms with Gasteiger partial charge in [-0.1, -0.05) is 6.08 Å². The van der Waals surface area contributed by atoms with Crippen LogP contribution in [-0.4, -0.2) is 80.7 Å². The number of thioether (sulfide) groups is 1. The van der Waals surface area contributed by atoms with Crippen LogP contribution < -0.4 is 9.80 Å². The zero-order chi connectivity index (χ0) is 26.4. The number of benzene rings is 1. The highest BCUT2D eigenvalue weighted by Gasteiger charge is 2.77. The summed E-state index contributed by atoms with van der Waals surface area (Å²) < 4.78 is -1.44. The van der Waals surface area contributed by atoms with Gasteiger partial charge in [0.15, 0.2) is 0 Å². The maximum atomic E-state index is 14.4. The second-order valence-electron chi connectivity index (χ2n) is 10.3. The van der Waals surface area contributed by atoms with Crippen molar-refractivity contribution in [2.45, 2.75) is 62.1 Å². The molecule has 0 aromatic heterocycles. The molecule has 3 saturated heterocycles. The summed E-state index contributed by atoms with van der Waals surface area (Å²) in [4.78, 5) is 45.8. The number of nitrogens with zero attached hydrogens (tertiary/aromatic N) is 3. The minimum absolute atomic E-state index is 0.251. The van der Waals surface area contributed by atoms with E-state index in [-0.39, 0.29) is 25.0 Å². The molecule has 3 aliphatic heterocycles. The molecular formula is C27H37N3O5S. The first-order valence-electron chi connectivity index (χ1n) is 12.7. The summed E-state index contributed by atoms with van der Waals surface area (Å²) in [6.45, 7) is 13.3. The molecule has 4 rings (SSSR count). The van der Waals surface area contributed by atoms with E-state index in [4.69, 9.17) is 0 Å². The average molecular weight is 516 g/mol. The van der Waals surface area contributed by atoms with Crippen molar-refractivity contribution in [2.75, 3.05) is 36.0 Å². The molecule has 0 saturated carbocycles. The first-order chi connectivity index (χ1) is 17.1. The predicted molar refractivity (Wildman–Crippen MR) is 142 cm³/mol. The van der Waals surface area contributed by atoms with Crippen LogP contribution in [0.4, 0.5) is 11.4 Å². The Morgan fingerprint density at radius 2 is 1.83 bits per heavy atom. The molecule has 8 nitrogen and oxygen atoms in total. The predicted octanol–water partition coefficient (Wildman–Crippen LogP) is 3.00. The van der Waals surface area contributed by atoms with E-state index in [1.54, 1.807) is 17.9 Å². The van der Waals surface area contributed by atoms with Crippen molar-refractivity contribution in [3.05, 3.63) is 36.9 Å². The Hall–Kier alpha value is -2.52. The van der Waals surface area contributed by atoms with E-state index in [1.807, 2.05) is 31.2 Å². The first-order valence-corrected chi connectivity index (χ1v) is 13.5. The van der Waals surface area contributed by atoms with Crippen molar-refractivity contribution in [3.8, 4) is 0 Å². The van der Waals surface area contributed by atoms with Crippen molar-refractivity contribution in [1.29, 1.82) is 0 Å². The minimum atomic E-state index is -0.996. The van der Waals surface area contributed by atoms with E-state index < -0.39 is 39.4 Å². The van der Waals surface area contributed by atoms with Gasteiger partial charge in [0.25, 0.3) is 5.91 Å². The fraction of sp³-hybridized carbons (Fsp3) is 0.593. The summed E-state index contributed by atoms with van der Waals surface area (Å²) >= 11 is 1.50. The number of rotatable bonds is 10. The number of hydrogen-bond acceptors (Lipinski definition) is 6. The van der Waals surface area contributed by atoms with Gasteiger partial charge < -0.3 is 24.9 Å². The smallest absolute Gasteiger partial charge is 0.308 e.